The van der Waals surface area contributed by atoms with Crippen molar-refractivity contribution in [1.82, 2.24) is 5.32 Å². The Kier molecular flexibility index (Phi) is 7.83. The molecule has 0 aromatic carbocycles. The molecule has 1 rings (SSSR count). The smallest absolute Gasteiger partial charge is 0.408 e. The first kappa shape index (κ1) is 21.2. The van der Waals surface area contributed by atoms with Crippen LogP contribution in [0.1, 0.15) is 38.1 Å². The van der Waals surface area contributed by atoms with Crippen LogP contribution in [0.25, 0.3) is 0 Å². The van der Waals surface area contributed by atoms with Gasteiger partial charge in [0.15, 0.2) is 5.78 Å². The molecule has 1 heterocycles. The van der Waals surface area contributed by atoms with Crippen LogP contribution in [-0.2, 0) is 14.3 Å². The lowest BCUT2D eigenvalue weighted by molar-refractivity contribution is -0.134. The molecule has 0 fully saturated rings. The maximum absolute atomic E-state index is 12.0. The van der Waals surface area contributed by atoms with Crippen molar-refractivity contribution in [1.29, 1.82) is 0 Å². The molecule has 1 N–H and O–H groups in total. The molecule has 142 valence electrons. The molecule has 0 saturated carbocycles. The number of methoxy groups -OCH3 is 1. The molecular formula is C19H25NO6. The number of rotatable bonds is 7. The highest BCUT2D eigenvalue weighted by molar-refractivity contribution is 6.04. The van der Waals surface area contributed by atoms with E-state index in [9.17, 15) is 14.4 Å². The van der Waals surface area contributed by atoms with E-state index in [1.807, 2.05) is 0 Å². The maximum atomic E-state index is 12.0. The van der Waals surface area contributed by atoms with E-state index in [4.69, 9.17) is 9.15 Å². The van der Waals surface area contributed by atoms with Gasteiger partial charge in [-0.15, -0.1) is 0 Å². The van der Waals surface area contributed by atoms with Gasteiger partial charge < -0.3 is 19.2 Å². The van der Waals surface area contributed by atoms with Crippen molar-refractivity contribution in [2.24, 2.45) is 5.92 Å². The van der Waals surface area contributed by atoms with Crippen molar-refractivity contribution in [2.75, 3.05) is 7.11 Å². The average molecular weight is 363 g/mol. The predicted molar refractivity (Wildman–Crippen MR) is 95.7 cm³/mol. The molecule has 1 aromatic rings. The summed E-state index contributed by atoms with van der Waals surface area (Å²) >= 11 is 0. The predicted octanol–water partition coefficient (Wildman–Crippen LogP) is 3.28. The molecule has 0 aliphatic heterocycles. The summed E-state index contributed by atoms with van der Waals surface area (Å²) in [6.45, 7) is 7.04. The number of ether oxygens (including phenoxy) is 2. The van der Waals surface area contributed by atoms with Crippen molar-refractivity contribution in [3.8, 4) is 0 Å². The molecule has 0 saturated heterocycles. The maximum Gasteiger partial charge on any atom is 0.408 e. The topological polar surface area (TPSA) is 94.8 Å². The van der Waals surface area contributed by atoms with Crippen molar-refractivity contribution < 1.29 is 28.3 Å². The van der Waals surface area contributed by atoms with Crippen LogP contribution in [-0.4, -0.2) is 36.6 Å². The van der Waals surface area contributed by atoms with Gasteiger partial charge in [-0.1, -0.05) is 19.1 Å². The molecule has 1 amide bonds. The molecule has 0 aliphatic carbocycles. The normalized spacial score (nSPS) is 14.2. The number of esters is 1. The zero-order valence-corrected chi connectivity index (χ0v) is 15.6. The summed E-state index contributed by atoms with van der Waals surface area (Å²) in [5.74, 6) is -1.07. The number of carbonyl (C=O) groups excluding carboxylic acids is 3. The van der Waals surface area contributed by atoms with Gasteiger partial charge in [0.2, 0.25) is 0 Å². The lowest BCUT2D eigenvalue weighted by atomic mass is 10.00. The largest absolute Gasteiger partial charge is 0.472 e. The second-order valence-corrected chi connectivity index (χ2v) is 6.65. The van der Waals surface area contributed by atoms with Crippen LogP contribution in [0.5, 0.6) is 0 Å². The minimum absolute atomic E-state index is 0.224. The Labute approximate surface area is 153 Å². The van der Waals surface area contributed by atoms with E-state index >= 15 is 0 Å². The SMILES string of the molecule is COC(=O)/C=C/[C@H](NC(=O)OC(C)(C)C)[C@H](C)/C=C/C(=O)c1ccoc1. The fourth-order valence-electron chi connectivity index (χ4n) is 1.91. The molecule has 0 bridgehead atoms. The van der Waals surface area contributed by atoms with Gasteiger partial charge in [-0.3, -0.25) is 4.79 Å². The second kappa shape index (κ2) is 9.60. The lowest BCUT2D eigenvalue weighted by Gasteiger charge is -2.24. The zero-order valence-electron chi connectivity index (χ0n) is 15.6. The van der Waals surface area contributed by atoms with E-state index in [0.717, 1.165) is 0 Å². The highest BCUT2D eigenvalue weighted by Gasteiger charge is 2.21. The lowest BCUT2D eigenvalue weighted by Crippen LogP contribution is -2.41. The quantitative estimate of drug-likeness (QED) is 0.454. The number of amides is 1. The Bertz CT molecular complexity index is 667. The first-order valence-electron chi connectivity index (χ1n) is 8.13. The molecular weight excluding hydrogens is 338 g/mol. The Balaban J connectivity index is 2.84. The second-order valence-electron chi connectivity index (χ2n) is 6.65. The van der Waals surface area contributed by atoms with Gasteiger partial charge in [-0.2, -0.15) is 0 Å². The van der Waals surface area contributed by atoms with Crippen LogP contribution < -0.4 is 5.32 Å². The number of carbonyl (C=O) groups is 3. The van der Waals surface area contributed by atoms with Gasteiger partial charge in [-0.05, 0) is 38.8 Å². The molecule has 1 aromatic heterocycles. The Morgan fingerprint density at radius 2 is 1.88 bits per heavy atom. The zero-order chi connectivity index (χ0) is 19.7. The van der Waals surface area contributed by atoms with Crippen LogP contribution >= 0.6 is 0 Å². The summed E-state index contributed by atoms with van der Waals surface area (Å²) in [7, 11) is 1.26. The van der Waals surface area contributed by atoms with Gasteiger partial charge in [0.25, 0.3) is 0 Å². The number of ketones is 1. The first-order valence-corrected chi connectivity index (χ1v) is 8.13. The molecule has 7 nitrogen and oxygen atoms in total. The fraction of sp³-hybridized carbons (Fsp3) is 0.421. The van der Waals surface area contributed by atoms with Crippen molar-refractivity contribution in [3.63, 3.8) is 0 Å². The number of furan rings is 1. The number of hydrogen-bond acceptors (Lipinski definition) is 6. The molecule has 0 spiro atoms. The number of allylic oxidation sites excluding steroid dienone is 1. The number of hydrogen-bond donors (Lipinski definition) is 1. The molecule has 0 unspecified atom stereocenters. The highest BCUT2D eigenvalue weighted by atomic mass is 16.6. The fourth-order valence-corrected chi connectivity index (χ4v) is 1.91. The van der Waals surface area contributed by atoms with Crippen molar-refractivity contribution >= 4 is 17.8 Å². The third-order valence-electron chi connectivity index (χ3n) is 3.25. The van der Waals surface area contributed by atoms with Crippen LogP contribution in [0, 0.1) is 5.92 Å². The third-order valence-corrected chi connectivity index (χ3v) is 3.25. The van der Waals surface area contributed by atoms with E-state index in [0.29, 0.717) is 5.56 Å². The average Bonchev–Trinajstić information content (AvgIpc) is 3.08. The summed E-state index contributed by atoms with van der Waals surface area (Å²) in [5.41, 5.74) is -0.230. The van der Waals surface area contributed by atoms with E-state index in [-0.39, 0.29) is 11.7 Å². The van der Waals surface area contributed by atoms with Gasteiger partial charge in [0.05, 0.1) is 25.0 Å². The summed E-state index contributed by atoms with van der Waals surface area (Å²) < 4.78 is 14.7. The third kappa shape index (κ3) is 7.83. The standard InChI is InChI=1S/C19H25NO6/c1-13(6-8-16(21)14-10-11-25-12-14)15(7-9-17(22)24-5)20-18(23)26-19(2,3)4/h6-13,15H,1-5H3,(H,20,23)/b8-6+,9-7+/t13-,15+/m1/s1. The summed E-state index contributed by atoms with van der Waals surface area (Å²) in [6, 6.07) is 0.989. The summed E-state index contributed by atoms with van der Waals surface area (Å²) in [4.78, 5) is 35.4. The van der Waals surface area contributed by atoms with Crippen LogP contribution in [0.2, 0.25) is 0 Å². The van der Waals surface area contributed by atoms with Gasteiger partial charge in [0, 0.05) is 6.08 Å². The van der Waals surface area contributed by atoms with Crippen LogP contribution in [0.4, 0.5) is 4.79 Å². The van der Waals surface area contributed by atoms with E-state index < -0.39 is 23.7 Å². The Morgan fingerprint density at radius 1 is 1.19 bits per heavy atom. The minimum Gasteiger partial charge on any atom is -0.472 e. The number of nitrogens with one attached hydrogen (secondary N) is 1. The van der Waals surface area contributed by atoms with E-state index in [1.54, 1.807) is 39.8 Å². The summed E-state index contributed by atoms with van der Waals surface area (Å²) in [5, 5.41) is 2.67. The Hall–Kier alpha value is -2.83. The van der Waals surface area contributed by atoms with Crippen LogP contribution in [0.15, 0.2) is 47.3 Å². The molecule has 0 radical (unpaired) electrons. The van der Waals surface area contributed by atoms with Gasteiger partial charge in [-0.25, -0.2) is 9.59 Å². The molecule has 26 heavy (non-hydrogen) atoms. The molecule has 2 atom stereocenters. The van der Waals surface area contributed by atoms with Crippen LogP contribution in [0.3, 0.4) is 0 Å². The van der Waals surface area contributed by atoms with Gasteiger partial charge in [0.1, 0.15) is 11.9 Å². The van der Waals surface area contributed by atoms with Crippen molar-refractivity contribution in [3.05, 3.63) is 48.5 Å². The molecule has 7 heteroatoms. The van der Waals surface area contributed by atoms with E-state index in [1.165, 1.54) is 37.9 Å². The van der Waals surface area contributed by atoms with Gasteiger partial charge >= 0.3 is 12.1 Å². The minimum atomic E-state index is -0.656. The molecule has 0 aliphatic rings. The monoisotopic (exact) mass is 363 g/mol. The number of alkyl carbamates (subject to hydrolysis) is 1. The highest BCUT2D eigenvalue weighted by Crippen LogP contribution is 2.12. The van der Waals surface area contributed by atoms with E-state index in [2.05, 4.69) is 10.1 Å². The van der Waals surface area contributed by atoms with Crippen molar-refractivity contribution in [2.45, 2.75) is 39.3 Å². The Morgan fingerprint density at radius 3 is 2.42 bits per heavy atom. The summed E-state index contributed by atoms with van der Waals surface area (Å²) in [6.07, 6.45) is 7.88. The first-order chi connectivity index (χ1) is 12.1.